The van der Waals surface area contributed by atoms with Gasteiger partial charge in [0.25, 0.3) is 10.0 Å². The molecule has 0 bridgehead atoms. The predicted octanol–water partition coefficient (Wildman–Crippen LogP) is 3.71. The number of hydrogen-bond donors (Lipinski definition) is 2. The van der Waals surface area contributed by atoms with Crippen molar-refractivity contribution in [3.8, 4) is 0 Å². The van der Waals surface area contributed by atoms with Gasteiger partial charge in [-0.25, -0.2) is 8.42 Å². The van der Waals surface area contributed by atoms with Crippen LogP contribution in [0.2, 0.25) is 0 Å². The number of amides is 1. The monoisotopic (exact) mass is 390 g/mol. The molecule has 0 radical (unpaired) electrons. The molecule has 0 aromatic heterocycles. The lowest BCUT2D eigenvalue weighted by Gasteiger charge is -2.10. The predicted molar refractivity (Wildman–Crippen MR) is 90.2 cm³/mol. The first-order valence-corrected chi connectivity index (χ1v) is 9.48. The minimum absolute atomic E-state index is 0.147. The highest BCUT2D eigenvalue weighted by Crippen LogP contribution is 2.22. The fourth-order valence-electron chi connectivity index (χ4n) is 1.79. The highest BCUT2D eigenvalue weighted by Gasteiger charge is 2.38. The number of carbonyl (C=O) groups is 1. The van der Waals surface area contributed by atoms with Crippen molar-refractivity contribution in [2.45, 2.75) is 16.0 Å². The molecule has 0 unspecified atom stereocenters. The van der Waals surface area contributed by atoms with Gasteiger partial charge in [-0.2, -0.15) is 13.2 Å². The highest BCUT2D eigenvalue weighted by atomic mass is 32.2. The SMILES string of the molecule is CSc1ccc(NS(=O)(=O)c2ccc(NC(=O)C(F)(F)F)cc2)cc1. The lowest BCUT2D eigenvalue weighted by atomic mass is 10.3. The summed E-state index contributed by atoms with van der Waals surface area (Å²) in [4.78, 5) is 11.7. The summed E-state index contributed by atoms with van der Waals surface area (Å²) in [5, 5.41) is 1.64. The van der Waals surface area contributed by atoms with E-state index in [-0.39, 0.29) is 10.6 Å². The number of rotatable bonds is 5. The van der Waals surface area contributed by atoms with Crippen LogP contribution in [0.5, 0.6) is 0 Å². The molecule has 0 aliphatic carbocycles. The second-order valence-electron chi connectivity index (χ2n) is 4.81. The van der Waals surface area contributed by atoms with Crippen molar-refractivity contribution in [1.82, 2.24) is 0 Å². The van der Waals surface area contributed by atoms with E-state index in [4.69, 9.17) is 0 Å². The van der Waals surface area contributed by atoms with E-state index in [0.29, 0.717) is 5.69 Å². The molecule has 1 amide bonds. The van der Waals surface area contributed by atoms with Crippen LogP contribution >= 0.6 is 11.8 Å². The maximum absolute atomic E-state index is 12.3. The Labute approximate surface area is 146 Å². The van der Waals surface area contributed by atoms with Crippen molar-refractivity contribution in [2.75, 3.05) is 16.3 Å². The Morgan fingerprint density at radius 2 is 1.48 bits per heavy atom. The molecule has 2 rings (SSSR count). The van der Waals surface area contributed by atoms with Gasteiger partial charge in [0, 0.05) is 16.3 Å². The van der Waals surface area contributed by atoms with E-state index in [1.807, 2.05) is 6.26 Å². The lowest BCUT2D eigenvalue weighted by molar-refractivity contribution is -0.167. The van der Waals surface area contributed by atoms with Crippen LogP contribution < -0.4 is 10.0 Å². The lowest BCUT2D eigenvalue weighted by Crippen LogP contribution is -2.29. The van der Waals surface area contributed by atoms with E-state index in [1.54, 1.807) is 29.6 Å². The third kappa shape index (κ3) is 5.13. The molecule has 2 aromatic carbocycles. The molecule has 134 valence electrons. The molecule has 0 heterocycles. The van der Waals surface area contributed by atoms with Gasteiger partial charge >= 0.3 is 12.1 Å². The van der Waals surface area contributed by atoms with Gasteiger partial charge in [0.2, 0.25) is 0 Å². The van der Waals surface area contributed by atoms with Crippen LogP contribution in [0.1, 0.15) is 0 Å². The van der Waals surface area contributed by atoms with Crippen LogP contribution in [0.25, 0.3) is 0 Å². The molecule has 0 aliphatic rings. The first-order chi connectivity index (χ1) is 11.6. The third-order valence-corrected chi connectivity index (χ3v) is 5.16. The van der Waals surface area contributed by atoms with Gasteiger partial charge in [-0.1, -0.05) is 0 Å². The van der Waals surface area contributed by atoms with Crippen molar-refractivity contribution in [3.63, 3.8) is 0 Å². The van der Waals surface area contributed by atoms with Crippen LogP contribution in [-0.2, 0) is 14.8 Å². The molecule has 10 heteroatoms. The Morgan fingerprint density at radius 3 is 1.96 bits per heavy atom. The minimum atomic E-state index is -5.02. The van der Waals surface area contributed by atoms with E-state index in [1.165, 1.54) is 11.8 Å². The molecule has 0 spiro atoms. The van der Waals surface area contributed by atoms with Crippen molar-refractivity contribution in [2.24, 2.45) is 0 Å². The van der Waals surface area contributed by atoms with Crippen molar-refractivity contribution < 1.29 is 26.4 Å². The summed E-state index contributed by atoms with van der Waals surface area (Å²) in [5.41, 5.74) is 0.192. The van der Waals surface area contributed by atoms with E-state index in [2.05, 4.69) is 4.72 Å². The largest absolute Gasteiger partial charge is 0.471 e. The average molecular weight is 390 g/mol. The second kappa shape index (κ2) is 7.36. The van der Waals surface area contributed by atoms with Crippen LogP contribution in [0.15, 0.2) is 58.3 Å². The van der Waals surface area contributed by atoms with Crippen LogP contribution in [-0.4, -0.2) is 26.8 Å². The summed E-state index contributed by atoms with van der Waals surface area (Å²) in [6, 6.07) is 11.1. The van der Waals surface area contributed by atoms with E-state index in [0.717, 1.165) is 29.2 Å². The van der Waals surface area contributed by atoms with Crippen LogP contribution in [0.4, 0.5) is 24.5 Å². The maximum atomic E-state index is 12.3. The number of nitrogens with one attached hydrogen (secondary N) is 2. The van der Waals surface area contributed by atoms with Gasteiger partial charge in [0.1, 0.15) is 0 Å². The molecule has 2 N–H and O–H groups in total. The first kappa shape index (κ1) is 19.1. The topological polar surface area (TPSA) is 75.3 Å². The molecule has 0 aliphatic heterocycles. The minimum Gasteiger partial charge on any atom is -0.318 e. The number of benzene rings is 2. The Bertz CT molecular complexity index is 849. The molecule has 0 saturated heterocycles. The Hall–Kier alpha value is -2.20. The molecule has 0 atom stereocenters. The fourth-order valence-corrected chi connectivity index (χ4v) is 3.26. The van der Waals surface area contributed by atoms with Crippen molar-refractivity contribution in [3.05, 3.63) is 48.5 Å². The first-order valence-electron chi connectivity index (χ1n) is 6.77. The zero-order valence-corrected chi connectivity index (χ0v) is 14.4. The Kier molecular flexibility index (Phi) is 5.63. The second-order valence-corrected chi connectivity index (χ2v) is 7.37. The number of thioether (sulfide) groups is 1. The molecular weight excluding hydrogens is 377 g/mol. The van der Waals surface area contributed by atoms with Gasteiger partial charge in [0.05, 0.1) is 4.90 Å². The highest BCUT2D eigenvalue weighted by molar-refractivity contribution is 7.98. The zero-order valence-electron chi connectivity index (χ0n) is 12.8. The van der Waals surface area contributed by atoms with Gasteiger partial charge < -0.3 is 5.32 Å². The summed E-state index contributed by atoms with van der Waals surface area (Å²) in [6.45, 7) is 0. The summed E-state index contributed by atoms with van der Waals surface area (Å²) >= 11 is 1.51. The van der Waals surface area contributed by atoms with E-state index in [9.17, 15) is 26.4 Å². The normalized spacial score (nSPS) is 11.8. The van der Waals surface area contributed by atoms with Crippen LogP contribution in [0.3, 0.4) is 0 Å². The zero-order chi connectivity index (χ0) is 18.7. The summed E-state index contributed by atoms with van der Waals surface area (Å²) < 4.78 is 63.4. The molecule has 25 heavy (non-hydrogen) atoms. The smallest absolute Gasteiger partial charge is 0.318 e. The molecule has 0 saturated carbocycles. The molecule has 0 fully saturated rings. The molecule has 5 nitrogen and oxygen atoms in total. The summed E-state index contributed by atoms with van der Waals surface area (Å²) in [6.07, 6.45) is -3.13. The number of sulfonamides is 1. The number of hydrogen-bond acceptors (Lipinski definition) is 4. The number of alkyl halides is 3. The van der Waals surface area contributed by atoms with Gasteiger partial charge in [-0.05, 0) is 54.8 Å². The Balaban J connectivity index is 2.12. The average Bonchev–Trinajstić information content (AvgIpc) is 2.55. The third-order valence-electron chi connectivity index (χ3n) is 3.02. The summed E-state index contributed by atoms with van der Waals surface area (Å²) in [7, 11) is -3.90. The summed E-state index contributed by atoms with van der Waals surface area (Å²) in [5.74, 6) is -2.13. The Morgan fingerprint density at radius 1 is 0.960 bits per heavy atom. The molecule has 2 aromatic rings. The van der Waals surface area contributed by atoms with E-state index >= 15 is 0 Å². The van der Waals surface area contributed by atoms with E-state index < -0.39 is 22.1 Å². The van der Waals surface area contributed by atoms with Gasteiger partial charge in [0.15, 0.2) is 0 Å². The van der Waals surface area contributed by atoms with Gasteiger partial charge in [-0.3, -0.25) is 9.52 Å². The fraction of sp³-hybridized carbons (Fsp3) is 0.133. The van der Waals surface area contributed by atoms with Crippen LogP contribution in [0, 0.1) is 0 Å². The number of halogens is 3. The van der Waals surface area contributed by atoms with Crippen molar-refractivity contribution >= 4 is 39.1 Å². The maximum Gasteiger partial charge on any atom is 0.471 e. The number of anilines is 2. The quantitative estimate of drug-likeness (QED) is 0.764. The standard InChI is InChI=1S/C15H13F3N2O3S2/c1-24-12-6-2-11(3-7-12)20-25(22,23)13-8-4-10(5-9-13)19-14(21)15(16,17)18/h2-9,20H,1H3,(H,19,21). The molecular formula is C15H13F3N2O3S2. The van der Waals surface area contributed by atoms with Crippen molar-refractivity contribution in [1.29, 1.82) is 0 Å². The van der Waals surface area contributed by atoms with Gasteiger partial charge in [-0.15, -0.1) is 11.8 Å². The number of carbonyl (C=O) groups excluding carboxylic acids is 1.